The first-order valence-electron chi connectivity index (χ1n) is 14.9. The van der Waals surface area contributed by atoms with Crippen molar-refractivity contribution in [2.45, 2.75) is 6.42 Å². The number of hydrogen-bond acceptors (Lipinski definition) is 2. The van der Waals surface area contributed by atoms with Crippen LogP contribution < -0.4 is 41.3 Å². The number of ether oxygens (including phenoxy) is 2. The van der Waals surface area contributed by atoms with E-state index in [2.05, 4.69) is 158 Å². The molecule has 0 bridgehead atoms. The molecule has 7 rings (SSSR count). The minimum atomic E-state index is -0.914. The molecule has 2 nitrogen and oxygen atoms in total. The molecule has 0 radical (unpaired) electrons. The van der Waals surface area contributed by atoms with Gasteiger partial charge in [-0.1, -0.05) is 146 Å². The predicted molar refractivity (Wildman–Crippen MR) is 189 cm³/mol. The third-order valence-electron chi connectivity index (χ3n) is 7.63. The fraction of sp³-hybridized carbons (Fsp3) is 0.0500. The normalized spacial score (nSPS) is 12.6. The Kier molecular flexibility index (Phi) is 8.64. The molecule has 0 N–H and O–H groups in total. The van der Waals surface area contributed by atoms with Gasteiger partial charge in [0.25, 0.3) is 0 Å². The Balaban J connectivity index is 1.56. The second kappa shape index (κ2) is 13.4. The van der Waals surface area contributed by atoms with Crippen molar-refractivity contribution in [1.82, 2.24) is 0 Å². The fourth-order valence-corrected chi connectivity index (χ4v) is 10.7. The SMILES string of the molecule is C1=COc2cccc(P(c3ccccc3)c3ccccc3)c2-c2c(cccc2P(c2ccccc2)c2ccccc2)OCC1. The van der Waals surface area contributed by atoms with Crippen LogP contribution in [0.5, 0.6) is 11.5 Å². The zero-order valence-electron chi connectivity index (χ0n) is 24.3. The van der Waals surface area contributed by atoms with E-state index in [0.717, 1.165) is 29.0 Å². The Morgan fingerprint density at radius 2 is 0.818 bits per heavy atom. The Morgan fingerprint density at radius 1 is 0.409 bits per heavy atom. The average Bonchev–Trinajstić information content (AvgIpc) is 3.09. The van der Waals surface area contributed by atoms with Crippen LogP contribution in [0.4, 0.5) is 0 Å². The lowest BCUT2D eigenvalue weighted by atomic mass is 10.0. The monoisotopic (exact) mass is 606 g/mol. The summed E-state index contributed by atoms with van der Waals surface area (Å²) in [7, 11) is -1.82. The molecule has 0 spiro atoms. The molecule has 1 heterocycles. The molecule has 0 atom stereocenters. The summed E-state index contributed by atoms with van der Waals surface area (Å²) in [5.74, 6) is 1.74. The smallest absolute Gasteiger partial charge is 0.135 e. The van der Waals surface area contributed by atoms with Gasteiger partial charge in [-0.15, -0.1) is 0 Å². The molecule has 6 aromatic rings. The lowest BCUT2D eigenvalue weighted by Crippen LogP contribution is -2.26. The summed E-state index contributed by atoms with van der Waals surface area (Å²) < 4.78 is 13.2. The molecule has 0 aliphatic carbocycles. The fourth-order valence-electron chi connectivity index (χ4n) is 5.72. The maximum atomic E-state index is 6.64. The zero-order valence-corrected chi connectivity index (χ0v) is 26.1. The van der Waals surface area contributed by atoms with Crippen LogP contribution in [-0.2, 0) is 0 Å². The van der Waals surface area contributed by atoms with E-state index in [1.165, 1.54) is 31.8 Å². The minimum absolute atomic E-state index is 0.578. The van der Waals surface area contributed by atoms with E-state index in [4.69, 9.17) is 9.47 Å². The lowest BCUT2D eigenvalue weighted by Gasteiger charge is -2.29. The van der Waals surface area contributed by atoms with Gasteiger partial charge in [0, 0.05) is 17.5 Å². The van der Waals surface area contributed by atoms with Crippen LogP contribution >= 0.6 is 15.8 Å². The number of hydrogen-bond donors (Lipinski definition) is 0. The number of fused-ring (bicyclic) bond motifs is 3. The largest absolute Gasteiger partial charge is 0.493 e. The summed E-state index contributed by atoms with van der Waals surface area (Å²) in [5, 5.41) is 7.69. The van der Waals surface area contributed by atoms with Gasteiger partial charge in [0.1, 0.15) is 11.5 Å². The van der Waals surface area contributed by atoms with Gasteiger partial charge in [-0.25, -0.2) is 0 Å². The Labute approximate surface area is 262 Å². The average molecular weight is 607 g/mol. The maximum absolute atomic E-state index is 6.64. The number of benzene rings is 6. The van der Waals surface area contributed by atoms with Crippen molar-refractivity contribution >= 4 is 47.7 Å². The van der Waals surface area contributed by atoms with E-state index < -0.39 is 15.8 Å². The van der Waals surface area contributed by atoms with E-state index in [-0.39, 0.29) is 0 Å². The molecule has 0 amide bonds. The van der Waals surface area contributed by atoms with Crippen LogP contribution in [0.3, 0.4) is 0 Å². The molecule has 6 aromatic carbocycles. The molecule has 4 heteroatoms. The van der Waals surface area contributed by atoms with Crippen LogP contribution in [0.25, 0.3) is 11.1 Å². The summed E-state index contributed by atoms with van der Waals surface area (Å²) in [6.45, 7) is 0.578. The van der Waals surface area contributed by atoms with E-state index in [1.54, 1.807) is 0 Å². The maximum Gasteiger partial charge on any atom is 0.135 e. The topological polar surface area (TPSA) is 18.5 Å². The van der Waals surface area contributed by atoms with Crippen LogP contribution in [0.2, 0.25) is 0 Å². The third-order valence-corrected chi connectivity index (χ3v) is 12.6. The van der Waals surface area contributed by atoms with E-state index >= 15 is 0 Å². The van der Waals surface area contributed by atoms with E-state index in [0.29, 0.717) is 6.61 Å². The highest BCUT2D eigenvalue weighted by molar-refractivity contribution is 7.80. The molecule has 0 saturated carbocycles. The molecule has 44 heavy (non-hydrogen) atoms. The molecule has 1 aliphatic rings. The van der Waals surface area contributed by atoms with E-state index in [9.17, 15) is 0 Å². The second-order valence-corrected chi connectivity index (χ2v) is 14.8. The first-order valence-corrected chi connectivity index (χ1v) is 17.6. The van der Waals surface area contributed by atoms with E-state index in [1.807, 2.05) is 12.3 Å². The van der Waals surface area contributed by atoms with Gasteiger partial charge in [-0.3, -0.25) is 0 Å². The molecule has 1 aliphatic heterocycles. The van der Waals surface area contributed by atoms with Crippen molar-refractivity contribution in [1.29, 1.82) is 0 Å². The summed E-state index contributed by atoms with van der Waals surface area (Å²) in [6.07, 6.45) is 4.64. The first kappa shape index (κ1) is 28.3. The third kappa shape index (κ3) is 5.85. The Bertz CT molecular complexity index is 1780. The summed E-state index contributed by atoms with van der Waals surface area (Å²) >= 11 is 0. The molecular weight excluding hydrogens is 574 g/mol. The highest BCUT2D eigenvalue weighted by atomic mass is 31.1. The number of rotatable bonds is 6. The van der Waals surface area contributed by atoms with Crippen molar-refractivity contribution in [2.24, 2.45) is 0 Å². The van der Waals surface area contributed by atoms with Gasteiger partial charge in [-0.2, -0.15) is 0 Å². The summed E-state index contributed by atoms with van der Waals surface area (Å²) in [5.41, 5.74) is 2.22. The lowest BCUT2D eigenvalue weighted by molar-refractivity contribution is 0.324. The van der Waals surface area contributed by atoms with Gasteiger partial charge in [0.05, 0.1) is 12.9 Å². The summed E-state index contributed by atoms with van der Waals surface area (Å²) in [6, 6.07) is 56.6. The molecule has 0 fully saturated rings. The zero-order chi connectivity index (χ0) is 29.6. The van der Waals surface area contributed by atoms with Crippen molar-refractivity contribution in [3.63, 3.8) is 0 Å². The highest BCUT2D eigenvalue weighted by Gasteiger charge is 2.30. The van der Waals surface area contributed by atoms with Gasteiger partial charge in [0.15, 0.2) is 0 Å². The van der Waals surface area contributed by atoms with Crippen LogP contribution in [0.1, 0.15) is 6.42 Å². The van der Waals surface area contributed by atoms with Crippen molar-refractivity contribution in [3.8, 4) is 22.6 Å². The molecular formula is C40H32O2P2. The van der Waals surface area contributed by atoms with Gasteiger partial charge < -0.3 is 9.47 Å². The van der Waals surface area contributed by atoms with Crippen molar-refractivity contribution in [3.05, 3.63) is 170 Å². The van der Waals surface area contributed by atoms with Crippen molar-refractivity contribution in [2.75, 3.05) is 6.61 Å². The quantitative estimate of drug-likeness (QED) is 0.183. The Hall–Kier alpha value is -4.48. The van der Waals surface area contributed by atoms with Crippen LogP contribution in [0.15, 0.2) is 170 Å². The van der Waals surface area contributed by atoms with Gasteiger partial charge in [0.2, 0.25) is 0 Å². The van der Waals surface area contributed by atoms with Gasteiger partial charge >= 0.3 is 0 Å². The molecule has 214 valence electrons. The van der Waals surface area contributed by atoms with Gasteiger partial charge in [-0.05, 0) is 65.9 Å². The Morgan fingerprint density at radius 3 is 1.27 bits per heavy atom. The standard InChI is InChI=1S/C40H32O2P2/c1-5-17-31(18-6-1)43(32-19-7-2-8-20-32)37-27-15-25-35-39(37)40-36(42-30-14-13-29-41-35)26-16-28-38(40)44(33-21-9-3-10-22-33)34-23-11-4-12-24-34/h1-13,15-29H,14,30H2. The molecule has 0 saturated heterocycles. The molecule has 0 unspecified atom stereocenters. The molecule has 0 aromatic heterocycles. The first-order chi connectivity index (χ1) is 21.9. The summed E-state index contributed by atoms with van der Waals surface area (Å²) in [4.78, 5) is 0. The minimum Gasteiger partial charge on any atom is -0.493 e. The second-order valence-electron chi connectivity index (χ2n) is 10.4. The van der Waals surface area contributed by atoms with Crippen molar-refractivity contribution < 1.29 is 9.47 Å². The highest BCUT2D eigenvalue weighted by Crippen LogP contribution is 2.47. The van der Waals surface area contributed by atoms with Crippen LogP contribution in [0, 0.1) is 0 Å². The predicted octanol–water partition coefficient (Wildman–Crippen LogP) is 7.55. The van der Waals surface area contributed by atoms with Crippen LogP contribution in [-0.4, -0.2) is 6.61 Å².